The molecule has 20 heavy (non-hydrogen) atoms. The molecule has 5 heteroatoms. The zero-order valence-corrected chi connectivity index (χ0v) is 11.9. The number of carbonyl (C=O) groups excluding carboxylic acids is 1. The molecule has 0 saturated carbocycles. The fourth-order valence-electron chi connectivity index (χ4n) is 1.91. The molecule has 0 aliphatic carbocycles. The van der Waals surface area contributed by atoms with Crippen molar-refractivity contribution in [3.05, 3.63) is 64.7 Å². The number of carbonyl (C=O) groups is 1. The largest absolute Gasteiger partial charge is 0.295 e. The first-order valence-corrected chi connectivity index (χ1v) is 7.42. The molecule has 4 nitrogen and oxygen atoms in total. The Kier molecular flexibility index (Phi) is 3.74. The van der Waals surface area contributed by atoms with E-state index >= 15 is 0 Å². The van der Waals surface area contributed by atoms with Crippen molar-refractivity contribution in [1.82, 2.24) is 0 Å². The van der Waals surface area contributed by atoms with Crippen molar-refractivity contribution in [2.24, 2.45) is 0 Å². The summed E-state index contributed by atoms with van der Waals surface area (Å²) in [6, 6.07) is 11.1. The zero-order valence-electron chi connectivity index (χ0n) is 11.1. The Balaban J connectivity index is 2.60. The van der Waals surface area contributed by atoms with Gasteiger partial charge in [-0.05, 0) is 26.0 Å². The highest BCUT2D eigenvalue weighted by Crippen LogP contribution is 2.21. The number of hydrogen-bond acceptors (Lipinski definition) is 3. The third-order valence-corrected chi connectivity index (χ3v) is 3.88. The number of benzene rings is 2. The Hall–Kier alpha value is -1.98. The summed E-state index contributed by atoms with van der Waals surface area (Å²) in [5, 5.41) is 0. The van der Waals surface area contributed by atoms with E-state index in [1.165, 1.54) is 18.2 Å². The molecule has 104 valence electrons. The molecule has 0 bridgehead atoms. The second-order valence-electron chi connectivity index (χ2n) is 4.67. The fourth-order valence-corrected chi connectivity index (χ4v) is 2.58. The predicted molar refractivity (Wildman–Crippen MR) is 75.6 cm³/mol. The number of ketones is 1. The van der Waals surface area contributed by atoms with Gasteiger partial charge >= 0.3 is 0 Å². The SMILES string of the molecule is Cc1ccc(C(=O)c2cc(C)ccc2S(=O)(=O)O)cc1. The zero-order chi connectivity index (χ0) is 14.9. The van der Waals surface area contributed by atoms with Gasteiger partial charge in [-0.2, -0.15) is 8.42 Å². The van der Waals surface area contributed by atoms with E-state index in [-0.39, 0.29) is 10.5 Å². The van der Waals surface area contributed by atoms with Gasteiger partial charge in [-0.3, -0.25) is 9.35 Å². The summed E-state index contributed by atoms with van der Waals surface area (Å²) in [4.78, 5) is 12.0. The van der Waals surface area contributed by atoms with Crippen LogP contribution in [0.2, 0.25) is 0 Å². The molecule has 0 aliphatic rings. The van der Waals surface area contributed by atoms with Gasteiger partial charge < -0.3 is 0 Å². The van der Waals surface area contributed by atoms with Gasteiger partial charge in [0, 0.05) is 11.1 Å². The number of rotatable bonds is 3. The van der Waals surface area contributed by atoms with Crippen LogP contribution < -0.4 is 0 Å². The summed E-state index contributed by atoms with van der Waals surface area (Å²) in [5.41, 5.74) is 2.11. The summed E-state index contributed by atoms with van der Waals surface area (Å²) >= 11 is 0. The van der Waals surface area contributed by atoms with Gasteiger partial charge in [0.05, 0.1) is 0 Å². The monoisotopic (exact) mass is 290 g/mol. The van der Waals surface area contributed by atoms with E-state index in [1.54, 1.807) is 31.2 Å². The van der Waals surface area contributed by atoms with Crippen molar-refractivity contribution in [3.63, 3.8) is 0 Å². The summed E-state index contributed by atoms with van der Waals surface area (Å²) in [6.07, 6.45) is 0. The molecule has 0 unspecified atom stereocenters. The van der Waals surface area contributed by atoms with Crippen LogP contribution in [0.1, 0.15) is 27.0 Å². The molecule has 0 fully saturated rings. The molecular weight excluding hydrogens is 276 g/mol. The second kappa shape index (κ2) is 5.19. The molecule has 0 amide bonds. The van der Waals surface area contributed by atoms with Crippen molar-refractivity contribution in [1.29, 1.82) is 0 Å². The predicted octanol–water partition coefficient (Wildman–Crippen LogP) is 2.78. The minimum Gasteiger partial charge on any atom is -0.289 e. The topological polar surface area (TPSA) is 71.4 Å². The lowest BCUT2D eigenvalue weighted by molar-refractivity contribution is 0.103. The normalized spacial score (nSPS) is 11.3. The van der Waals surface area contributed by atoms with E-state index in [4.69, 9.17) is 0 Å². The highest BCUT2D eigenvalue weighted by Gasteiger charge is 2.21. The molecule has 0 saturated heterocycles. The van der Waals surface area contributed by atoms with E-state index < -0.39 is 15.9 Å². The van der Waals surface area contributed by atoms with Gasteiger partial charge in [-0.25, -0.2) is 0 Å². The number of aryl methyl sites for hydroxylation is 2. The van der Waals surface area contributed by atoms with Crippen LogP contribution in [-0.2, 0) is 10.1 Å². The molecule has 0 spiro atoms. The summed E-state index contributed by atoms with van der Waals surface area (Å²) < 4.78 is 31.9. The standard InChI is InChI=1S/C15H14O4S/c1-10-3-6-12(7-4-10)15(16)13-9-11(2)5-8-14(13)20(17,18)19/h3-9H,1-2H3,(H,17,18,19). The van der Waals surface area contributed by atoms with E-state index in [0.717, 1.165) is 11.1 Å². The van der Waals surface area contributed by atoms with Crippen LogP contribution in [0.4, 0.5) is 0 Å². The highest BCUT2D eigenvalue weighted by atomic mass is 32.2. The van der Waals surface area contributed by atoms with Gasteiger partial charge in [0.1, 0.15) is 4.90 Å². The van der Waals surface area contributed by atoms with Crippen molar-refractivity contribution in [2.45, 2.75) is 18.7 Å². The van der Waals surface area contributed by atoms with Crippen molar-refractivity contribution >= 4 is 15.9 Å². The third kappa shape index (κ3) is 2.95. The van der Waals surface area contributed by atoms with Crippen LogP contribution in [0.15, 0.2) is 47.4 Å². The van der Waals surface area contributed by atoms with Crippen LogP contribution in [0.3, 0.4) is 0 Å². The molecule has 2 aromatic carbocycles. The Labute approximate surface area is 117 Å². The average Bonchev–Trinajstić information content (AvgIpc) is 2.37. The lowest BCUT2D eigenvalue weighted by atomic mass is 10.0. The molecule has 0 radical (unpaired) electrons. The maximum absolute atomic E-state index is 12.4. The van der Waals surface area contributed by atoms with Gasteiger partial charge in [-0.15, -0.1) is 0 Å². The maximum Gasteiger partial charge on any atom is 0.295 e. The lowest BCUT2D eigenvalue weighted by Gasteiger charge is -2.08. The van der Waals surface area contributed by atoms with Gasteiger partial charge in [0.15, 0.2) is 5.78 Å². The van der Waals surface area contributed by atoms with E-state index in [0.29, 0.717) is 5.56 Å². The van der Waals surface area contributed by atoms with Crippen LogP contribution in [0.25, 0.3) is 0 Å². The van der Waals surface area contributed by atoms with Crippen molar-refractivity contribution in [2.75, 3.05) is 0 Å². The smallest absolute Gasteiger partial charge is 0.289 e. The molecule has 0 heterocycles. The first kappa shape index (κ1) is 14.4. The van der Waals surface area contributed by atoms with Gasteiger partial charge in [-0.1, -0.05) is 41.5 Å². The van der Waals surface area contributed by atoms with E-state index in [9.17, 15) is 17.8 Å². The first-order chi connectivity index (χ1) is 9.29. The molecule has 0 atom stereocenters. The van der Waals surface area contributed by atoms with Crippen LogP contribution >= 0.6 is 0 Å². The molecule has 0 aromatic heterocycles. The first-order valence-electron chi connectivity index (χ1n) is 5.98. The highest BCUT2D eigenvalue weighted by molar-refractivity contribution is 7.86. The quantitative estimate of drug-likeness (QED) is 0.697. The Morgan fingerprint density at radius 1 is 0.950 bits per heavy atom. The Morgan fingerprint density at radius 2 is 1.50 bits per heavy atom. The minimum atomic E-state index is -4.43. The van der Waals surface area contributed by atoms with Crippen LogP contribution in [-0.4, -0.2) is 18.8 Å². The summed E-state index contributed by atoms with van der Waals surface area (Å²) in [7, 11) is -4.43. The molecule has 2 aromatic rings. The summed E-state index contributed by atoms with van der Waals surface area (Å²) in [6.45, 7) is 3.64. The molecular formula is C15H14O4S. The van der Waals surface area contributed by atoms with Crippen molar-refractivity contribution < 1.29 is 17.8 Å². The van der Waals surface area contributed by atoms with Crippen LogP contribution in [0.5, 0.6) is 0 Å². The van der Waals surface area contributed by atoms with Gasteiger partial charge in [0.25, 0.3) is 10.1 Å². The lowest BCUT2D eigenvalue weighted by Crippen LogP contribution is -2.10. The molecule has 0 aliphatic heterocycles. The van der Waals surface area contributed by atoms with Crippen LogP contribution in [0, 0.1) is 13.8 Å². The third-order valence-electron chi connectivity index (χ3n) is 2.97. The average molecular weight is 290 g/mol. The Bertz CT molecular complexity index is 759. The van der Waals surface area contributed by atoms with E-state index in [1.807, 2.05) is 6.92 Å². The van der Waals surface area contributed by atoms with Gasteiger partial charge in [0.2, 0.25) is 0 Å². The second-order valence-corrected chi connectivity index (χ2v) is 6.06. The van der Waals surface area contributed by atoms with E-state index in [2.05, 4.69) is 0 Å². The molecule has 1 N–H and O–H groups in total. The number of hydrogen-bond donors (Lipinski definition) is 1. The fraction of sp³-hybridized carbons (Fsp3) is 0.133. The minimum absolute atomic E-state index is 0.0173. The van der Waals surface area contributed by atoms with Crippen molar-refractivity contribution in [3.8, 4) is 0 Å². The summed E-state index contributed by atoms with van der Waals surface area (Å²) in [5.74, 6) is -0.429. The maximum atomic E-state index is 12.4. The molecule has 2 rings (SSSR count). The Morgan fingerprint density at radius 3 is 2.05 bits per heavy atom.